The summed E-state index contributed by atoms with van der Waals surface area (Å²) in [4.78, 5) is 58.0. The molecule has 0 unspecified atom stereocenters. The van der Waals surface area contributed by atoms with Gasteiger partial charge in [0.15, 0.2) is 0 Å². The lowest BCUT2D eigenvalue weighted by molar-refractivity contribution is -0.154. The monoisotopic (exact) mass is 668 g/mol. The number of carbonyl (C=O) groups is 4. The second-order valence-corrected chi connectivity index (χ2v) is 12.2. The molecule has 6 rings (SSSR count). The topological polar surface area (TPSA) is 147 Å². The first-order chi connectivity index (χ1) is 22.1. The van der Waals surface area contributed by atoms with Gasteiger partial charge in [0.05, 0.1) is 36.2 Å². The largest absolute Gasteiger partial charge is 0.497 e. The summed E-state index contributed by atoms with van der Waals surface area (Å²) in [7, 11) is 3.07. The molecule has 3 aromatic rings. The van der Waals surface area contributed by atoms with Gasteiger partial charge in [0.1, 0.15) is 23.6 Å². The average molecular weight is 670 g/mol. The molecule has 11 nitrogen and oxygen atoms in total. The van der Waals surface area contributed by atoms with E-state index < -0.39 is 29.9 Å². The molecular weight excluding hydrogens is 635 g/mol. The summed E-state index contributed by atoms with van der Waals surface area (Å²) in [5.74, 6) is -1.37. The first-order valence-electron chi connectivity index (χ1n) is 14.8. The van der Waals surface area contributed by atoms with E-state index in [0.29, 0.717) is 28.3 Å². The molecule has 0 spiro atoms. The molecule has 3 heterocycles. The number of rotatable bonds is 11. The van der Waals surface area contributed by atoms with E-state index in [0.717, 1.165) is 25.7 Å². The maximum atomic E-state index is 13.8. The highest BCUT2D eigenvalue weighted by atomic mass is 35.5. The van der Waals surface area contributed by atoms with Gasteiger partial charge in [-0.2, -0.15) is 0 Å². The van der Waals surface area contributed by atoms with E-state index >= 15 is 0 Å². The van der Waals surface area contributed by atoms with Crippen LogP contribution in [0.4, 0.5) is 5.69 Å². The molecule has 3 aliphatic rings. The summed E-state index contributed by atoms with van der Waals surface area (Å²) in [6.45, 7) is 0. The third-order valence-corrected chi connectivity index (χ3v) is 9.19. The van der Waals surface area contributed by atoms with Crippen LogP contribution in [0.25, 0.3) is 0 Å². The van der Waals surface area contributed by atoms with Crippen molar-refractivity contribution in [3.8, 4) is 11.5 Å². The molecule has 2 atom stereocenters. The quantitative estimate of drug-likeness (QED) is 0.264. The summed E-state index contributed by atoms with van der Waals surface area (Å²) in [6, 6.07) is 9.66. The van der Waals surface area contributed by atoms with E-state index in [1.165, 1.54) is 19.5 Å². The minimum atomic E-state index is -1.24. The highest BCUT2D eigenvalue weighted by Gasteiger charge is 2.48. The fraction of sp³-hybridized carbons (Fsp3) is 0.364. The van der Waals surface area contributed by atoms with Crippen molar-refractivity contribution in [2.45, 2.75) is 56.7 Å². The number of carboxylic acid groups (broad SMARTS) is 1. The second kappa shape index (κ2) is 14.4. The van der Waals surface area contributed by atoms with E-state index in [2.05, 4.69) is 15.6 Å². The molecule has 1 aromatic heterocycles. The SMILES string of the molecule is COc1ccc(OC)c(CC(=O)N2C3CCC(CC3)[C@H]2C(=O)N[C@@H](Cc2ccc(NC(=O)c3c(Cl)cncc3Cl)cc2)C(=O)O)c1. The van der Waals surface area contributed by atoms with E-state index in [1.54, 1.807) is 54.5 Å². The molecule has 0 radical (unpaired) electrons. The lowest BCUT2D eigenvalue weighted by Gasteiger charge is -2.50. The Bertz CT molecular complexity index is 1610. The summed E-state index contributed by atoms with van der Waals surface area (Å²) in [6.07, 6.45) is 5.80. The Morgan fingerprint density at radius 1 is 0.978 bits per heavy atom. The van der Waals surface area contributed by atoms with Gasteiger partial charge in [-0.25, -0.2) is 4.79 Å². The normalized spacial score (nSPS) is 19.2. The third-order valence-electron chi connectivity index (χ3n) is 8.61. The van der Waals surface area contributed by atoms with Crippen LogP contribution in [0.1, 0.15) is 47.2 Å². The van der Waals surface area contributed by atoms with Gasteiger partial charge in [0, 0.05) is 36.1 Å². The molecule has 1 aliphatic carbocycles. The Kier molecular flexibility index (Phi) is 10.3. The number of piperidine rings is 2. The number of amides is 3. The van der Waals surface area contributed by atoms with Crippen LogP contribution in [-0.2, 0) is 27.2 Å². The van der Waals surface area contributed by atoms with Crippen LogP contribution < -0.4 is 20.1 Å². The molecule has 3 N–H and O–H groups in total. The number of nitrogens with one attached hydrogen (secondary N) is 2. The Morgan fingerprint density at radius 2 is 1.65 bits per heavy atom. The van der Waals surface area contributed by atoms with Crippen molar-refractivity contribution < 1.29 is 33.8 Å². The van der Waals surface area contributed by atoms with Crippen molar-refractivity contribution in [2.24, 2.45) is 5.92 Å². The van der Waals surface area contributed by atoms with Gasteiger partial charge >= 0.3 is 5.97 Å². The number of methoxy groups -OCH3 is 2. The molecule has 2 aromatic carbocycles. The summed E-state index contributed by atoms with van der Waals surface area (Å²) >= 11 is 12.2. The number of halogens is 2. The molecule has 2 saturated heterocycles. The number of anilines is 1. The van der Waals surface area contributed by atoms with Crippen molar-refractivity contribution in [1.82, 2.24) is 15.2 Å². The van der Waals surface area contributed by atoms with Gasteiger partial charge in [0.25, 0.3) is 5.91 Å². The number of benzene rings is 2. The van der Waals surface area contributed by atoms with Gasteiger partial charge in [-0.1, -0.05) is 35.3 Å². The Morgan fingerprint density at radius 3 is 2.26 bits per heavy atom. The number of hydrogen-bond acceptors (Lipinski definition) is 7. The second-order valence-electron chi connectivity index (χ2n) is 11.4. The van der Waals surface area contributed by atoms with Gasteiger partial charge in [-0.05, 0) is 67.5 Å². The zero-order valence-corrected chi connectivity index (χ0v) is 26.8. The smallest absolute Gasteiger partial charge is 0.326 e. The van der Waals surface area contributed by atoms with Crippen LogP contribution in [0.5, 0.6) is 11.5 Å². The fourth-order valence-corrected chi connectivity index (χ4v) is 6.90. The third kappa shape index (κ3) is 7.21. The van der Waals surface area contributed by atoms with Crippen molar-refractivity contribution in [3.63, 3.8) is 0 Å². The molecule has 3 amide bonds. The lowest BCUT2D eigenvalue weighted by Crippen LogP contribution is -2.64. The van der Waals surface area contributed by atoms with Gasteiger partial charge in [0.2, 0.25) is 11.8 Å². The molecule has 46 heavy (non-hydrogen) atoms. The van der Waals surface area contributed by atoms with Crippen LogP contribution >= 0.6 is 23.2 Å². The standard InChI is InChI=1S/C33H34Cl2N4O7/c1-45-23-11-12-27(46-2)20(14-23)15-28(40)39-22-9-5-19(6-10-22)30(39)32(42)38-26(33(43)44)13-18-3-7-21(8-4-18)37-31(41)29-24(34)16-36-17-25(29)35/h3-4,7-8,11-12,14,16-17,19,22,26,30H,5-6,9-10,13,15H2,1-2H3,(H,37,41)(H,38,42)(H,43,44)/t19?,22?,26-,30-/m0/s1. The molecule has 13 heteroatoms. The van der Waals surface area contributed by atoms with Crippen molar-refractivity contribution in [1.29, 1.82) is 0 Å². The number of hydrogen-bond donors (Lipinski definition) is 3. The predicted octanol–water partition coefficient (Wildman–Crippen LogP) is 4.78. The highest BCUT2D eigenvalue weighted by Crippen LogP contribution is 2.40. The molecule has 1 saturated carbocycles. The van der Waals surface area contributed by atoms with Gasteiger partial charge in [-0.15, -0.1) is 0 Å². The molecule has 3 fully saturated rings. The lowest BCUT2D eigenvalue weighted by atomic mass is 9.74. The zero-order valence-electron chi connectivity index (χ0n) is 25.3. The zero-order chi connectivity index (χ0) is 33.0. The van der Waals surface area contributed by atoms with Crippen LogP contribution in [0, 0.1) is 5.92 Å². The van der Waals surface area contributed by atoms with E-state index in [9.17, 15) is 24.3 Å². The highest BCUT2D eigenvalue weighted by molar-refractivity contribution is 6.40. The number of ether oxygens (including phenoxy) is 2. The van der Waals surface area contributed by atoms with E-state index in [4.69, 9.17) is 32.7 Å². The number of fused-ring (bicyclic) bond motifs is 3. The molecule has 2 bridgehead atoms. The minimum absolute atomic E-state index is 0.00686. The maximum Gasteiger partial charge on any atom is 0.326 e. The van der Waals surface area contributed by atoms with Gasteiger partial charge < -0.3 is 30.1 Å². The predicted molar refractivity (Wildman–Crippen MR) is 172 cm³/mol. The number of nitrogens with zero attached hydrogens (tertiary/aromatic N) is 2. The van der Waals surface area contributed by atoms with Crippen molar-refractivity contribution >= 4 is 52.6 Å². The number of aliphatic carboxylic acids is 1. The van der Waals surface area contributed by atoms with E-state index in [-0.39, 0.29) is 46.3 Å². The Labute approximate surface area is 276 Å². The number of carboxylic acids is 1. The van der Waals surface area contributed by atoms with Crippen LogP contribution in [0.2, 0.25) is 10.0 Å². The average Bonchev–Trinajstić information content (AvgIpc) is 3.05. The molecular formula is C33H34Cl2N4O7. The van der Waals surface area contributed by atoms with E-state index in [1.807, 2.05) is 0 Å². The molecule has 242 valence electrons. The maximum absolute atomic E-state index is 13.8. The number of aromatic nitrogens is 1. The van der Waals surface area contributed by atoms with Gasteiger partial charge in [-0.3, -0.25) is 19.4 Å². The van der Waals surface area contributed by atoms with Crippen LogP contribution in [0.3, 0.4) is 0 Å². The Hall–Kier alpha value is -4.35. The first kappa shape index (κ1) is 33.0. The first-order valence-corrected chi connectivity index (χ1v) is 15.6. The number of carbonyl (C=O) groups excluding carboxylic acids is 3. The van der Waals surface area contributed by atoms with Crippen molar-refractivity contribution in [3.05, 3.63) is 81.6 Å². The summed E-state index contributed by atoms with van der Waals surface area (Å²) < 4.78 is 10.8. The van der Waals surface area contributed by atoms with Crippen molar-refractivity contribution in [2.75, 3.05) is 19.5 Å². The summed E-state index contributed by atoms with van der Waals surface area (Å²) in [5, 5.41) is 15.7. The fourth-order valence-electron chi connectivity index (χ4n) is 6.36. The number of pyridine rings is 1. The van der Waals surface area contributed by atoms with Crippen LogP contribution in [0.15, 0.2) is 54.9 Å². The Balaban J connectivity index is 1.28. The summed E-state index contributed by atoms with van der Waals surface area (Å²) in [5.41, 5.74) is 1.78. The minimum Gasteiger partial charge on any atom is -0.497 e. The van der Waals surface area contributed by atoms with Crippen LogP contribution in [-0.4, -0.2) is 71.0 Å². The molecule has 2 aliphatic heterocycles.